The topological polar surface area (TPSA) is 90.0 Å². The second-order valence-electron chi connectivity index (χ2n) is 6.55. The van der Waals surface area contributed by atoms with E-state index in [1.54, 1.807) is 28.9 Å². The molecular weight excluding hydrogens is 384 g/mol. The Balaban J connectivity index is 1.59. The van der Waals surface area contributed by atoms with Gasteiger partial charge in [0.15, 0.2) is 11.0 Å². The van der Waals surface area contributed by atoms with Crippen LogP contribution in [0.5, 0.6) is 0 Å². The van der Waals surface area contributed by atoms with Crippen molar-refractivity contribution in [3.63, 3.8) is 0 Å². The van der Waals surface area contributed by atoms with E-state index in [1.165, 1.54) is 22.2 Å². The molecule has 0 aliphatic heterocycles. The average Bonchev–Trinajstić information content (AvgIpc) is 3.32. The lowest BCUT2D eigenvalue weighted by Crippen LogP contribution is -2.24. The molecule has 0 unspecified atom stereocenters. The van der Waals surface area contributed by atoms with Crippen LogP contribution in [0.2, 0.25) is 0 Å². The van der Waals surface area contributed by atoms with Crippen LogP contribution >= 0.6 is 23.1 Å². The fourth-order valence-electron chi connectivity index (χ4n) is 3.32. The lowest BCUT2D eigenvalue weighted by atomic mass is 10.2. The van der Waals surface area contributed by atoms with Crippen molar-refractivity contribution < 1.29 is 9.32 Å². The Morgan fingerprint density at radius 1 is 1.44 bits per heavy atom. The molecule has 0 atom stereocenters. The number of aryl methyl sites for hydroxylation is 3. The van der Waals surface area contributed by atoms with Crippen LogP contribution in [0.3, 0.4) is 0 Å². The van der Waals surface area contributed by atoms with Gasteiger partial charge in [-0.3, -0.25) is 14.2 Å². The number of rotatable bonds is 6. The maximum Gasteiger partial charge on any atom is 0.263 e. The highest BCUT2D eigenvalue weighted by Crippen LogP contribution is 2.35. The Hall–Kier alpha value is -2.13. The first-order valence-electron chi connectivity index (χ1n) is 8.98. The summed E-state index contributed by atoms with van der Waals surface area (Å²) < 4.78 is 6.66. The van der Waals surface area contributed by atoms with Gasteiger partial charge in [-0.25, -0.2) is 4.98 Å². The van der Waals surface area contributed by atoms with E-state index in [4.69, 9.17) is 9.51 Å². The zero-order chi connectivity index (χ0) is 19.0. The van der Waals surface area contributed by atoms with Crippen LogP contribution in [0.4, 0.5) is 5.82 Å². The number of nitrogens with one attached hydrogen (secondary N) is 1. The van der Waals surface area contributed by atoms with Gasteiger partial charge in [0.25, 0.3) is 5.56 Å². The number of amides is 1. The van der Waals surface area contributed by atoms with Crippen molar-refractivity contribution in [3.05, 3.63) is 32.6 Å². The fourth-order valence-corrected chi connectivity index (χ4v) is 5.45. The van der Waals surface area contributed by atoms with Gasteiger partial charge in [0.05, 0.1) is 11.1 Å². The summed E-state index contributed by atoms with van der Waals surface area (Å²) in [7, 11) is 0. The van der Waals surface area contributed by atoms with Gasteiger partial charge in [-0.1, -0.05) is 23.8 Å². The lowest BCUT2D eigenvalue weighted by Gasteiger charge is -2.11. The van der Waals surface area contributed by atoms with Crippen LogP contribution < -0.4 is 10.9 Å². The molecule has 7 nitrogen and oxygen atoms in total. The fraction of sp³-hybridized carbons (Fsp3) is 0.444. The molecule has 1 aliphatic carbocycles. The van der Waals surface area contributed by atoms with Crippen LogP contribution in [0.15, 0.2) is 20.5 Å². The van der Waals surface area contributed by atoms with Gasteiger partial charge >= 0.3 is 0 Å². The first-order chi connectivity index (χ1) is 13.1. The molecule has 3 aromatic heterocycles. The van der Waals surface area contributed by atoms with Crippen LogP contribution in [-0.2, 0) is 24.2 Å². The Kier molecular flexibility index (Phi) is 5.05. The number of thiophene rings is 1. The van der Waals surface area contributed by atoms with Gasteiger partial charge in [-0.05, 0) is 38.2 Å². The maximum atomic E-state index is 13.1. The highest BCUT2D eigenvalue weighted by molar-refractivity contribution is 7.99. The SMILES string of the molecule is CCCn1c(SCC(=O)Nc2cc(C)on2)nc2sc3c(c2c1=O)CCC3. The minimum Gasteiger partial charge on any atom is -0.360 e. The Morgan fingerprint density at radius 3 is 3.04 bits per heavy atom. The van der Waals surface area contributed by atoms with Crippen molar-refractivity contribution >= 4 is 45.0 Å². The summed E-state index contributed by atoms with van der Waals surface area (Å²) in [4.78, 5) is 32.1. The molecule has 9 heteroatoms. The van der Waals surface area contributed by atoms with Crippen LogP contribution in [0, 0.1) is 6.92 Å². The molecule has 0 aromatic carbocycles. The molecule has 1 amide bonds. The molecule has 0 bridgehead atoms. The van der Waals surface area contributed by atoms with Gasteiger partial charge in [0.2, 0.25) is 5.91 Å². The number of thioether (sulfide) groups is 1. The summed E-state index contributed by atoms with van der Waals surface area (Å²) >= 11 is 2.90. The van der Waals surface area contributed by atoms with E-state index in [0.717, 1.165) is 35.9 Å². The molecule has 0 saturated heterocycles. The van der Waals surface area contributed by atoms with Gasteiger partial charge in [-0.15, -0.1) is 11.3 Å². The maximum absolute atomic E-state index is 13.1. The molecule has 142 valence electrons. The van der Waals surface area contributed by atoms with Gasteiger partial charge < -0.3 is 9.84 Å². The minimum atomic E-state index is -0.209. The van der Waals surface area contributed by atoms with Crippen molar-refractivity contribution in [2.24, 2.45) is 0 Å². The third-order valence-corrected chi connectivity index (χ3v) is 6.63. The number of anilines is 1. The number of carbonyl (C=O) groups excluding carboxylic acids is 1. The predicted octanol–water partition coefficient (Wildman–Crippen LogP) is 3.38. The van der Waals surface area contributed by atoms with E-state index in [9.17, 15) is 9.59 Å². The molecular formula is C18H20N4O3S2. The van der Waals surface area contributed by atoms with E-state index in [0.29, 0.717) is 23.3 Å². The van der Waals surface area contributed by atoms with Crippen molar-refractivity contribution in [3.8, 4) is 0 Å². The van der Waals surface area contributed by atoms with E-state index in [2.05, 4.69) is 10.5 Å². The van der Waals surface area contributed by atoms with E-state index >= 15 is 0 Å². The predicted molar refractivity (Wildman–Crippen MR) is 107 cm³/mol. The van der Waals surface area contributed by atoms with Crippen LogP contribution in [0.25, 0.3) is 10.2 Å². The summed E-state index contributed by atoms with van der Waals surface area (Å²) in [6.45, 7) is 4.39. The van der Waals surface area contributed by atoms with Gasteiger partial charge in [0.1, 0.15) is 10.6 Å². The van der Waals surface area contributed by atoms with E-state index in [1.807, 2.05) is 6.92 Å². The zero-order valence-electron chi connectivity index (χ0n) is 15.2. The van der Waals surface area contributed by atoms with Crippen molar-refractivity contribution in [2.75, 3.05) is 11.1 Å². The second kappa shape index (κ2) is 7.47. The number of nitrogens with zero attached hydrogens (tertiary/aromatic N) is 3. The summed E-state index contributed by atoms with van der Waals surface area (Å²) in [5.74, 6) is 0.965. The Morgan fingerprint density at radius 2 is 2.30 bits per heavy atom. The summed E-state index contributed by atoms with van der Waals surface area (Å²) in [6, 6.07) is 1.66. The highest BCUT2D eigenvalue weighted by Gasteiger charge is 2.23. The molecule has 1 N–H and O–H groups in total. The summed E-state index contributed by atoms with van der Waals surface area (Å²) in [6.07, 6.45) is 3.94. The first kappa shape index (κ1) is 18.2. The van der Waals surface area contributed by atoms with E-state index < -0.39 is 0 Å². The molecule has 0 fully saturated rings. The molecule has 4 rings (SSSR count). The van der Waals surface area contributed by atoms with Gasteiger partial charge in [0, 0.05) is 17.5 Å². The Labute approximate surface area is 164 Å². The zero-order valence-corrected chi connectivity index (χ0v) is 16.8. The standard InChI is InChI=1S/C18H20N4O3S2/c1-3-7-22-17(24)15-11-5-4-6-12(11)27-16(15)20-18(22)26-9-14(23)19-13-8-10(2)25-21-13/h8H,3-7,9H2,1-2H3,(H,19,21,23). The number of aromatic nitrogens is 3. The molecule has 0 saturated carbocycles. The van der Waals surface area contributed by atoms with Crippen LogP contribution in [0.1, 0.15) is 36.0 Å². The quantitative estimate of drug-likeness (QED) is 0.500. The first-order valence-corrected chi connectivity index (χ1v) is 10.8. The monoisotopic (exact) mass is 404 g/mol. The van der Waals surface area contributed by atoms with Crippen molar-refractivity contribution in [1.82, 2.24) is 14.7 Å². The highest BCUT2D eigenvalue weighted by atomic mass is 32.2. The Bertz CT molecular complexity index is 1070. The van der Waals surface area contributed by atoms with E-state index in [-0.39, 0.29) is 17.2 Å². The number of hydrogen-bond acceptors (Lipinski definition) is 7. The molecule has 1 aliphatic rings. The second-order valence-corrected chi connectivity index (χ2v) is 8.57. The molecule has 0 spiro atoms. The number of hydrogen-bond donors (Lipinski definition) is 1. The lowest BCUT2D eigenvalue weighted by molar-refractivity contribution is -0.113. The largest absolute Gasteiger partial charge is 0.360 e. The summed E-state index contributed by atoms with van der Waals surface area (Å²) in [5.41, 5.74) is 1.21. The molecule has 0 radical (unpaired) electrons. The van der Waals surface area contributed by atoms with Crippen molar-refractivity contribution in [2.45, 2.75) is 51.2 Å². The summed E-state index contributed by atoms with van der Waals surface area (Å²) in [5, 5.41) is 7.83. The molecule has 3 aromatic rings. The van der Waals surface area contributed by atoms with Crippen molar-refractivity contribution in [1.29, 1.82) is 0 Å². The normalized spacial score (nSPS) is 13.3. The number of fused-ring (bicyclic) bond motifs is 3. The third kappa shape index (κ3) is 3.53. The number of carbonyl (C=O) groups is 1. The van der Waals surface area contributed by atoms with Gasteiger partial charge in [-0.2, -0.15) is 0 Å². The molecule has 27 heavy (non-hydrogen) atoms. The van der Waals surface area contributed by atoms with Crippen LogP contribution in [-0.4, -0.2) is 26.4 Å². The third-order valence-electron chi connectivity index (χ3n) is 4.46. The smallest absolute Gasteiger partial charge is 0.263 e. The minimum absolute atomic E-state index is 0.0243. The molecule has 3 heterocycles. The average molecular weight is 405 g/mol.